The number of nitrogens with one attached hydrogen (secondary N) is 3. The summed E-state index contributed by atoms with van der Waals surface area (Å²) in [7, 11) is 0. The summed E-state index contributed by atoms with van der Waals surface area (Å²) in [5, 5.41) is 7.44. The molecule has 41 heavy (non-hydrogen) atoms. The SMILES string of the molecule is O=C(CSc1cccc(NC(=O)/C(=C/c2ccco2)NC(=O)c2ccccc2)c1)Nc1ccc(Cl)cc1C(F)(F)F. The van der Waals surface area contributed by atoms with E-state index in [1.54, 1.807) is 66.7 Å². The monoisotopic (exact) mass is 599 g/mol. The van der Waals surface area contributed by atoms with Crippen molar-refractivity contribution in [1.82, 2.24) is 5.32 Å². The molecule has 0 unspecified atom stereocenters. The lowest BCUT2D eigenvalue weighted by Gasteiger charge is -2.14. The Labute approximate surface area is 241 Å². The Hall–Kier alpha value is -4.48. The highest BCUT2D eigenvalue weighted by Gasteiger charge is 2.34. The van der Waals surface area contributed by atoms with Gasteiger partial charge in [0, 0.05) is 27.2 Å². The van der Waals surface area contributed by atoms with Crippen LogP contribution in [-0.2, 0) is 15.8 Å². The molecule has 0 bridgehead atoms. The fourth-order valence-electron chi connectivity index (χ4n) is 3.52. The summed E-state index contributed by atoms with van der Waals surface area (Å²) in [6, 6.07) is 21.2. The van der Waals surface area contributed by atoms with E-state index in [1.165, 1.54) is 18.4 Å². The van der Waals surface area contributed by atoms with Gasteiger partial charge in [0.25, 0.3) is 11.8 Å². The first kappa shape index (κ1) is 29.5. The van der Waals surface area contributed by atoms with Crippen LogP contribution in [0.4, 0.5) is 24.5 Å². The molecule has 4 aromatic rings. The molecule has 3 amide bonds. The number of rotatable bonds is 9. The number of benzene rings is 3. The van der Waals surface area contributed by atoms with Crippen molar-refractivity contribution in [3.8, 4) is 0 Å². The zero-order valence-electron chi connectivity index (χ0n) is 21.0. The van der Waals surface area contributed by atoms with Gasteiger partial charge in [0.1, 0.15) is 11.5 Å². The number of carbonyl (C=O) groups excluding carboxylic acids is 3. The lowest BCUT2D eigenvalue weighted by molar-refractivity contribution is -0.137. The molecule has 4 rings (SSSR count). The largest absolute Gasteiger partial charge is 0.465 e. The second-order valence-electron chi connectivity index (χ2n) is 8.40. The number of furan rings is 1. The second kappa shape index (κ2) is 13.2. The van der Waals surface area contributed by atoms with Crippen molar-refractivity contribution >= 4 is 58.5 Å². The summed E-state index contributed by atoms with van der Waals surface area (Å²) in [6.07, 6.45) is -1.89. The highest BCUT2D eigenvalue weighted by molar-refractivity contribution is 8.00. The van der Waals surface area contributed by atoms with Crippen LogP contribution in [0, 0.1) is 0 Å². The van der Waals surface area contributed by atoms with E-state index in [2.05, 4.69) is 16.0 Å². The summed E-state index contributed by atoms with van der Waals surface area (Å²) >= 11 is 6.74. The molecular formula is C29H21ClF3N3O4S. The third-order valence-corrected chi connectivity index (χ3v) is 6.61. The first-order valence-electron chi connectivity index (χ1n) is 11.9. The zero-order valence-corrected chi connectivity index (χ0v) is 22.6. The van der Waals surface area contributed by atoms with Crippen molar-refractivity contribution in [2.24, 2.45) is 0 Å². The number of carbonyl (C=O) groups is 3. The molecule has 0 atom stereocenters. The number of hydrogen-bond donors (Lipinski definition) is 3. The Balaban J connectivity index is 1.42. The van der Waals surface area contributed by atoms with E-state index in [9.17, 15) is 27.6 Å². The van der Waals surface area contributed by atoms with Gasteiger partial charge in [0.2, 0.25) is 5.91 Å². The van der Waals surface area contributed by atoms with Crippen molar-refractivity contribution < 1.29 is 32.0 Å². The predicted molar refractivity (Wildman–Crippen MR) is 151 cm³/mol. The molecule has 0 fully saturated rings. The van der Waals surface area contributed by atoms with E-state index in [4.69, 9.17) is 16.0 Å². The van der Waals surface area contributed by atoms with Crippen LogP contribution in [-0.4, -0.2) is 23.5 Å². The molecule has 0 aliphatic heterocycles. The molecule has 3 aromatic carbocycles. The molecule has 0 aliphatic carbocycles. The predicted octanol–water partition coefficient (Wildman–Crippen LogP) is 7.09. The molecule has 0 aliphatic rings. The van der Waals surface area contributed by atoms with Gasteiger partial charge in [-0.2, -0.15) is 13.2 Å². The van der Waals surface area contributed by atoms with E-state index in [0.29, 0.717) is 21.9 Å². The van der Waals surface area contributed by atoms with Crippen LogP contribution in [0.25, 0.3) is 6.08 Å². The maximum absolute atomic E-state index is 13.3. The molecule has 1 heterocycles. The minimum atomic E-state index is -4.70. The highest BCUT2D eigenvalue weighted by Crippen LogP contribution is 2.36. The average Bonchev–Trinajstić information content (AvgIpc) is 3.46. The second-order valence-corrected chi connectivity index (χ2v) is 9.89. The summed E-state index contributed by atoms with van der Waals surface area (Å²) in [5.74, 6) is -1.65. The van der Waals surface area contributed by atoms with Gasteiger partial charge in [0.05, 0.1) is 23.3 Å². The molecule has 7 nitrogen and oxygen atoms in total. The molecule has 1 aromatic heterocycles. The Morgan fingerprint density at radius 2 is 1.68 bits per heavy atom. The van der Waals surface area contributed by atoms with Gasteiger partial charge in [-0.05, 0) is 60.7 Å². The normalized spacial score (nSPS) is 11.6. The van der Waals surface area contributed by atoms with Crippen molar-refractivity contribution in [2.75, 3.05) is 16.4 Å². The molecular weight excluding hydrogens is 579 g/mol. The van der Waals surface area contributed by atoms with Crippen LogP contribution < -0.4 is 16.0 Å². The van der Waals surface area contributed by atoms with Gasteiger partial charge in [-0.15, -0.1) is 11.8 Å². The smallest absolute Gasteiger partial charge is 0.418 e. The maximum atomic E-state index is 13.3. The number of halogens is 4. The van der Waals surface area contributed by atoms with E-state index in [1.807, 2.05) is 0 Å². The van der Waals surface area contributed by atoms with Gasteiger partial charge < -0.3 is 20.4 Å². The fraction of sp³-hybridized carbons (Fsp3) is 0.0690. The lowest BCUT2D eigenvalue weighted by atomic mass is 10.1. The van der Waals surface area contributed by atoms with E-state index in [0.717, 1.165) is 23.9 Å². The van der Waals surface area contributed by atoms with Gasteiger partial charge in [0.15, 0.2) is 0 Å². The topological polar surface area (TPSA) is 100 Å². The van der Waals surface area contributed by atoms with Gasteiger partial charge >= 0.3 is 6.18 Å². The van der Waals surface area contributed by atoms with Crippen LogP contribution in [0.15, 0.2) is 106 Å². The summed E-state index contributed by atoms with van der Waals surface area (Å²) < 4.78 is 45.2. The standard InChI is InChI=1S/C29H21ClF3N3O4S/c30-19-11-12-24(23(14-19)29(31,32)33)35-26(37)17-41-22-10-4-8-20(15-22)34-28(39)25(16-21-9-5-13-40-21)36-27(38)18-6-2-1-3-7-18/h1-16H,17H2,(H,34,39)(H,35,37)(H,36,38)/b25-16-. The van der Waals surface area contributed by atoms with Crippen molar-refractivity contribution in [1.29, 1.82) is 0 Å². The number of thioether (sulfide) groups is 1. The van der Waals surface area contributed by atoms with Crippen molar-refractivity contribution in [2.45, 2.75) is 11.1 Å². The van der Waals surface area contributed by atoms with Crippen LogP contribution >= 0.6 is 23.4 Å². The van der Waals surface area contributed by atoms with Crippen LogP contribution in [0.3, 0.4) is 0 Å². The summed E-state index contributed by atoms with van der Waals surface area (Å²) in [5.41, 5.74) is -0.817. The van der Waals surface area contributed by atoms with Gasteiger partial charge in [-0.25, -0.2) is 0 Å². The minimum Gasteiger partial charge on any atom is -0.465 e. The average molecular weight is 600 g/mol. The van der Waals surface area contributed by atoms with Gasteiger partial charge in [-0.3, -0.25) is 14.4 Å². The van der Waals surface area contributed by atoms with E-state index < -0.39 is 35.1 Å². The molecule has 12 heteroatoms. The maximum Gasteiger partial charge on any atom is 0.418 e. The molecule has 0 spiro atoms. The third kappa shape index (κ3) is 8.50. The lowest BCUT2D eigenvalue weighted by Crippen LogP contribution is -2.30. The molecule has 0 saturated carbocycles. The number of alkyl halides is 3. The first-order valence-corrected chi connectivity index (χ1v) is 13.3. The number of amides is 3. The summed E-state index contributed by atoms with van der Waals surface area (Å²) in [6.45, 7) is 0. The van der Waals surface area contributed by atoms with Crippen molar-refractivity contribution in [3.63, 3.8) is 0 Å². The van der Waals surface area contributed by atoms with Gasteiger partial charge in [-0.1, -0.05) is 35.9 Å². The zero-order chi connectivity index (χ0) is 29.4. The number of hydrogen-bond acceptors (Lipinski definition) is 5. The fourth-order valence-corrected chi connectivity index (χ4v) is 4.44. The Morgan fingerprint density at radius 3 is 2.39 bits per heavy atom. The van der Waals surface area contributed by atoms with Crippen molar-refractivity contribution in [3.05, 3.63) is 119 Å². The minimum absolute atomic E-state index is 0.0744. The third-order valence-electron chi connectivity index (χ3n) is 5.38. The Bertz CT molecular complexity index is 1580. The summed E-state index contributed by atoms with van der Waals surface area (Å²) in [4.78, 5) is 38.8. The number of anilines is 2. The Morgan fingerprint density at radius 1 is 0.902 bits per heavy atom. The molecule has 210 valence electrons. The van der Waals surface area contributed by atoms with Crippen LogP contribution in [0.5, 0.6) is 0 Å². The Kier molecular flexibility index (Phi) is 9.53. The molecule has 0 radical (unpaired) electrons. The highest BCUT2D eigenvalue weighted by atomic mass is 35.5. The van der Waals surface area contributed by atoms with E-state index >= 15 is 0 Å². The first-order chi connectivity index (χ1) is 19.6. The van der Waals surface area contributed by atoms with Crippen LogP contribution in [0.2, 0.25) is 5.02 Å². The molecule has 3 N–H and O–H groups in total. The quantitative estimate of drug-likeness (QED) is 0.141. The molecule has 0 saturated heterocycles. The van der Waals surface area contributed by atoms with E-state index in [-0.39, 0.29) is 16.5 Å². The van der Waals surface area contributed by atoms with Crippen LogP contribution in [0.1, 0.15) is 21.7 Å².